The highest BCUT2D eigenvalue weighted by atomic mass is 16.2. The summed E-state index contributed by atoms with van der Waals surface area (Å²) in [7, 11) is 0. The molecule has 0 spiro atoms. The Hall–Kier alpha value is -0.730. The summed E-state index contributed by atoms with van der Waals surface area (Å²) in [5.74, 6) is 0. The van der Waals surface area contributed by atoms with Gasteiger partial charge >= 0.3 is 6.03 Å². The van der Waals surface area contributed by atoms with Crippen molar-refractivity contribution in [3.05, 3.63) is 0 Å². The number of hydrogen-bond donors (Lipinski definition) is 1. The monoisotopic (exact) mass is 168 g/mol. The Bertz CT molecular complexity index is 213. The van der Waals surface area contributed by atoms with Crippen molar-refractivity contribution in [1.29, 1.82) is 0 Å². The fourth-order valence-electron chi connectivity index (χ4n) is 2.36. The van der Waals surface area contributed by atoms with E-state index in [1.165, 1.54) is 12.8 Å². The normalized spacial score (nSPS) is 33.0. The lowest BCUT2D eigenvalue weighted by Gasteiger charge is -2.34. The zero-order valence-corrected chi connectivity index (χ0v) is 7.76. The molecule has 2 fully saturated rings. The van der Waals surface area contributed by atoms with Gasteiger partial charge in [-0.1, -0.05) is 0 Å². The number of urea groups is 1. The number of nitrogens with zero attached hydrogens (tertiary/aromatic N) is 1. The molecule has 2 saturated heterocycles. The van der Waals surface area contributed by atoms with Crippen LogP contribution in [0.4, 0.5) is 4.79 Å². The van der Waals surface area contributed by atoms with Crippen molar-refractivity contribution in [2.75, 3.05) is 6.54 Å². The molecule has 0 aromatic rings. The number of amides is 2. The van der Waals surface area contributed by atoms with E-state index in [1.54, 1.807) is 0 Å². The van der Waals surface area contributed by atoms with Crippen molar-refractivity contribution < 1.29 is 4.79 Å². The Morgan fingerprint density at radius 3 is 2.92 bits per heavy atom. The Balaban J connectivity index is 2.22. The molecule has 0 saturated carbocycles. The van der Waals surface area contributed by atoms with Gasteiger partial charge in [0.25, 0.3) is 0 Å². The predicted octanol–water partition coefficient (Wildman–Crippen LogP) is 1.34. The third-order valence-electron chi connectivity index (χ3n) is 3.03. The van der Waals surface area contributed by atoms with Gasteiger partial charge in [0, 0.05) is 6.54 Å². The Labute approximate surface area is 73.1 Å². The summed E-state index contributed by atoms with van der Waals surface area (Å²) >= 11 is 0. The van der Waals surface area contributed by atoms with Gasteiger partial charge in [-0.2, -0.15) is 0 Å². The smallest absolute Gasteiger partial charge is 0.318 e. The van der Waals surface area contributed by atoms with E-state index in [-0.39, 0.29) is 11.6 Å². The molecule has 3 nitrogen and oxygen atoms in total. The van der Waals surface area contributed by atoms with Crippen LogP contribution in [0.5, 0.6) is 0 Å². The molecule has 0 aliphatic carbocycles. The van der Waals surface area contributed by atoms with Gasteiger partial charge in [-0.05, 0) is 33.1 Å². The first-order valence-electron chi connectivity index (χ1n) is 4.70. The molecule has 0 aromatic carbocycles. The topological polar surface area (TPSA) is 32.3 Å². The van der Waals surface area contributed by atoms with Gasteiger partial charge in [0.1, 0.15) is 0 Å². The van der Waals surface area contributed by atoms with Crippen molar-refractivity contribution in [1.82, 2.24) is 10.2 Å². The molecule has 2 aliphatic rings. The molecule has 0 aromatic heterocycles. The summed E-state index contributed by atoms with van der Waals surface area (Å²) in [5, 5.41) is 3.02. The van der Waals surface area contributed by atoms with E-state index in [0.717, 1.165) is 13.0 Å². The summed E-state index contributed by atoms with van der Waals surface area (Å²) in [6.45, 7) is 5.17. The highest BCUT2D eigenvalue weighted by molar-refractivity contribution is 5.78. The second-order valence-corrected chi connectivity index (χ2v) is 4.36. The maximum Gasteiger partial charge on any atom is 0.318 e. The average molecular weight is 168 g/mol. The van der Waals surface area contributed by atoms with Crippen LogP contribution in [0, 0.1) is 0 Å². The fraction of sp³-hybridized carbons (Fsp3) is 0.889. The van der Waals surface area contributed by atoms with Crippen LogP contribution in [0.1, 0.15) is 33.1 Å². The van der Waals surface area contributed by atoms with Gasteiger partial charge < -0.3 is 10.2 Å². The van der Waals surface area contributed by atoms with Crippen molar-refractivity contribution in [3.63, 3.8) is 0 Å². The number of rotatable bonds is 0. The predicted molar refractivity (Wildman–Crippen MR) is 47.0 cm³/mol. The molecule has 68 valence electrons. The maximum atomic E-state index is 11.4. The fourth-order valence-corrected chi connectivity index (χ4v) is 2.36. The number of hydrogen-bond acceptors (Lipinski definition) is 1. The summed E-state index contributed by atoms with van der Waals surface area (Å²) < 4.78 is 0. The largest absolute Gasteiger partial charge is 0.331 e. The molecular weight excluding hydrogens is 152 g/mol. The molecule has 2 rings (SSSR count). The average Bonchev–Trinajstić information content (AvgIpc) is 2.25. The minimum atomic E-state index is -0.0164. The summed E-state index contributed by atoms with van der Waals surface area (Å²) in [6.07, 6.45) is 3.59. The molecule has 1 unspecified atom stereocenters. The number of carbonyl (C=O) groups excluding carboxylic acids is 1. The Morgan fingerprint density at radius 2 is 2.25 bits per heavy atom. The molecule has 1 atom stereocenters. The molecule has 1 N–H and O–H groups in total. The molecule has 2 heterocycles. The van der Waals surface area contributed by atoms with Crippen molar-refractivity contribution in [3.8, 4) is 0 Å². The van der Waals surface area contributed by atoms with E-state index >= 15 is 0 Å². The molecular formula is C9H16N2O. The van der Waals surface area contributed by atoms with Crippen LogP contribution in [0.2, 0.25) is 0 Å². The summed E-state index contributed by atoms with van der Waals surface area (Å²) in [5.41, 5.74) is -0.0164. The highest BCUT2D eigenvalue weighted by Gasteiger charge is 2.45. The summed E-state index contributed by atoms with van der Waals surface area (Å²) in [4.78, 5) is 13.4. The first-order chi connectivity index (χ1) is 5.61. The van der Waals surface area contributed by atoms with Crippen LogP contribution in [-0.2, 0) is 0 Å². The maximum absolute atomic E-state index is 11.4. The molecule has 3 heteroatoms. The van der Waals surface area contributed by atoms with Crippen molar-refractivity contribution in [2.24, 2.45) is 0 Å². The number of nitrogens with one attached hydrogen (secondary N) is 1. The Morgan fingerprint density at radius 1 is 1.50 bits per heavy atom. The molecule has 2 amide bonds. The van der Waals surface area contributed by atoms with Gasteiger partial charge in [0.15, 0.2) is 0 Å². The second-order valence-electron chi connectivity index (χ2n) is 4.36. The standard InChI is InChI=1S/C9H16N2O/c1-9(2)7-5-3-4-6-11(7)8(12)10-9/h7H,3-6H2,1-2H3,(H,10,12). The number of piperidine rings is 1. The first kappa shape index (κ1) is 7.90. The van der Waals surface area contributed by atoms with Crippen LogP contribution in [-0.4, -0.2) is 29.1 Å². The first-order valence-corrected chi connectivity index (χ1v) is 4.70. The zero-order valence-electron chi connectivity index (χ0n) is 7.76. The van der Waals surface area contributed by atoms with Crippen LogP contribution in [0.3, 0.4) is 0 Å². The SMILES string of the molecule is CC1(C)NC(=O)N2CCCCC21. The second kappa shape index (κ2) is 2.38. The lowest BCUT2D eigenvalue weighted by molar-refractivity contribution is 0.167. The van der Waals surface area contributed by atoms with Gasteiger partial charge in [-0.15, -0.1) is 0 Å². The van der Waals surface area contributed by atoms with E-state index in [1.807, 2.05) is 4.90 Å². The lowest BCUT2D eigenvalue weighted by atomic mass is 9.89. The third-order valence-corrected chi connectivity index (χ3v) is 3.03. The van der Waals surface area contributed by atoms with E-state index in [9.17, 15) is 4.79 Å². The van der Waals surface area contributed by atoms with Crippen LogP contribution in [0.15, 0.2) is 0 Å². The quantitative estimate of drug-likeness (QED) is 0.581. The molecule has 0 radical (unpaired) electrons. The highest BCUT2D eigenvalue weighted by Crippen LogP contribution is 2.30. The number of carbonyl (C=O) groups is 1. The molecule has 0 bridgehead atoms. The van der Waals surface area contributed by atoms with E-state index in [0.29, 0.717) is 6.04 Å². The molecule has 2 aliphatic heterocycles. The molecule has 12 heavy (non-hydrogen) atoms. The van der Waals surface area contributed by atoms with E-state index < -0.39 is 0 Å². The van der Waals surface area contributed by atoms with Gasteiger partial charge in [-0.25, -0.2) is 4.79 Å². The van der Waals surface area contributed by atoms with Crippen LogP contribution in [0.25, 0.3) is 0 Å². The van der Waals surface area contributed by atoms with Gasteiger partial charge in [0.2, 0.25) is 0 Å². The minimum Gasteiger partial charge on any atom is -0.331 e. The van der Waals surface area contributed by atoms with Crippen molar-refractivity contribution in [2.45, 2.75) is 44.7 Å². The number of fused-ring (bicyclic) bond motifs is 1. The third kappa shape index (κ3) is 0.993. The van der Waals surface area contributed by atoms with Crippen LogP contribution >= 0.6 is 0 Å². The van der Waals surface area contributed by atoms with Gasteiger partial charge in [-0.3, -0.25) is 0 Å². The van der Waals surface area contributed by atoms with E-state index in [2.05, 4.69) is 19.2 Å². The Kier molecular flexibility index (Phi) is 1.56. The van der Waals surface area contributed by atoms with Gasteiger partial charge in [0.05, 0.1) is 11.6 Å². The van der Waals surface area contributed by atoms with Crippen molar-refractivity contribution >= 4 is 6.03 Å². The van der Waals surface area contributed by atoms with Crippen LogP contribution < -0.4 is 5.32 Å². The summed E-state index contributed by atoms with van der Waals surface area (Å²) in [6, 6.07) is 0.559. The zero-order chi connectivity index (χ0) is 8.77. The lowest BCUT2D eigenvalue weighted by Crippen LogP contribution is -2.46. The minimum absolute atomic E-state index is 0.0164. The van der Waals surface area contributed by atoms with E-state index in [4.69, 9.17) is 0 Å².